The summed E-state index contributed by atoms with van der Waals surface area (Å²) in [7, 11) is 3.19. The highest BCUT2D eigenvalue weighted by Crippen LogP contribution is 2.32. The summed E-state index contributed by atoms with van der Waals surface area (Å²) in [6.45, 7) is 8.40. The SMILES string of the molecule is CCCOc1cccc([C@@H](CCc2ccc(OC)c(OC)c2)OC(=O)[C@@H]2CCCCN2C(=O)C(=O)C(C)(C)CC)c1. The summed E-state index contributed by atoms with van der Waals surface area (Å²) < 4.78 is 22.8. The fourth-order valence-corrected chi connectivity index (χ4v) is 4.87. The third-order valence-electron chi connectivity index (χ3n) is 7.83. The monoisotopic (exact) mass is 567 g/mol. The number of ether oxygens (including phenoxy) is 4. The molecule has 1 aliphatic rings. The van der Waals surface area contributed by atoms with Gasteiger partial charge in [-0.2, -0.15) is 0 Å². The molecule has 41 heavy (non-hydrogen) atoms. The van der Waals surface area contributed by atoms with Crippen LogP contribution in [0.3, 0.4) is 0 Å². The van der Waals surface area contributed by atoms with Gasteiger partial charge in [-0.25, -0.2) is 4.79 Å². The predicted octanol–water partition coefficient (Wildman–Crippen LogP) is 6.10. The highest BCUT2D eigenvalue weighted by atomic mass is 16.5. The second-order valence-electron chi connectivity index (χ2n) is 11.2. The van der Waals surface area contributed by atoms with Crippen molar-refractivity contribution in [2.75, 3.05) is 27.4 Å². The highest BCUT2D eigenvalue weighted by molar-refractivity contribution is 6.38. The van der Waals surface area contributed by atoms with Gasteiger partial charge in [-0.3, -0.25) is 9.59 Å². The Bertz CT molecular complexity index is 1190. The van der Waals surface area contributed by atoms with Crippen molar-refractivity contribution in [3.63, 3.8) is 0 Å². The Hall–Kier alpha value is -3.55. The number of likely N-dealkylation sites (tertiary alicyclic amines) is 1. The lowest BCUT2D eigenvalue weighted by Gasteiger charge is -2.36. The van der Waals surface area contributed by atoms with Gasteiger partial charge in [0.05, 0.1) is 20.8 Å². The van der Waals surface area contributed by atoms with E-state index in [0.717, 1.165) is 30.4 Å². The van der Waals surface area contributed by atoms with Crippen molar-refractivity contribution in [1.82, 2.24) is 4.90 Å². The lowest BCUT2D eigenvalue weighted by atomic mass is 9.84. The molecule has 2 atom stereocenters. The molecule has 3 rings (SSSR count). The Morgan fingerprint density at radius 1 is 1.00 bits per heavy atom. The zero-order chi connectivity index (χ0) is 30.0. The molecule has 0 unspecified atom stereocenters. The summed E-state index contributed by atoms with van der Waals surface area (Å²) in [5, 5.41) is 0. The first-order valence-electron chi connectivity index (χ1n) is 14.6. The van der Waals surface area contributed by atoms with Gasteiger partial charge < -0.3 is 23.8 Å². The molecular formula is C33H45NO7. The van der Waals surface area contributed by atoms with Crippen molar-refractivity contribution < 1.29 is 33.3 Å². The molecule has 0 aliphatic carbocycles. The van der Waals surface area contributed by atoms with E-state index < -0.39 is 35.2 Å². The maximum atomic E-state index is 13.7. The number of hydrogen-bond acceptors (Lipinski definition) is 7. The Morgan fingerprint density at radius 2 is 1.76 bits per heavy atom. The molecule has 2 aromatic carbocycles. The first-order valence-corrected chi connectivity index (χ1v) is 14.6. The summed E-state index contributed by atoms with van der Waals surface area (Å²) in [5.41, 5.74) is 1.03. The van der Waals surface area contributed by atoms with E-state index in [-0.39, 0.29) is 0 Å². The number of nitrogens with zero attached hydrogens (tertiary/aromatic N) is 1. The lowest BCUT2D eigenvalue weighted by molar-refractivity contribution is -0.164. The van der Waals surface area contributed by atoms with Crippen LogP contribution in [0.2, 0.25) is 0 Å². The van der Waals surface area contributed by atoms with Crippen LogP contribution >= 0.6 is 0 Å². The molecule has 224 valence electrons. The van der Waals surface area contributed by atoms with E-state index in [9.17, 15) is 14.4 Å². The van der Waals surface area contributed by atoms with Gasteiger partial charge in [0.15, 0.2) is 11.5 Å². The Kier molecular flexibility index (Phi) is 11.6. The Labute approximate surface area is 244 Å². The first-order chi connectivity index (χ1) is 19.6. The van der Waals surface area contributed by atoms with Crippen LogP contribution in [-0.2, 0) is 25.5 Å². The average Bonchev–Trinajstić information content (AvgIpc) is 3.00. The van der Waals surface area contributed by atoms with Gasteiger partial charge >= 0.3 is 5.97 Å². The molecule has 2 aromatic rings. The maximum Gasteiger partial charge on any atom is 0.329 e. The summed E-state index contributed by atoms with van der Waals surface area (Å²) in [5.74, 6) is 0.420. The summed E-state index contributed by atoms with van der Waals surface area (Å²) in [6.07, 6.45) is 3.93. The molecule has 0 N–H and O–H groups in total. The van der Waals surface area contributed by atoms with Crippen LogP contribution in [0.5, 0.6) is 17.2 Å². The van der Waals surface area contributed by atoms with E-state index in [4.69, 9.17) is 18.9 Å². The molecule has 0 bridgehead atoms. The summed E-state index contributed by atoms with van der Waals surface area (Å²) in [4.78, 5) is 41.4. The standard InChI is InChI=1S/C33H45NO7/c1-7-20-40-25-13-11-12-24(22-25)27(17-15-23-16-18-28(38-5)29(21-23)39-6)41-32(37)26-14-9-10-19-34(26)31(36)30(35)33(3,4)8-2/h11-13,16,18,21-22,26-27H,7-10,14-15,17,19-20H2,1-6H3/t26-,27+/m0/s1. The fourth-order valence-electron chi connectivity index (χ4n) is 4.87. The Morgan fingerprint density at radius 3 is 2.44 bits per heavy atom. The zero-order valence-electron chi connectivity index (χ0n) is 25.4. The molecule has 0 radical (unpaired) electrons. The minimum Gasteiger partial charge on any atom is -0.494 e. The van der Waals surface area contributed by atoms with Crippen LogP contribution in [0, 0.1) is 5.41 Å². The normalized spacial score (nSPS) is 16.0. The smallest absolute Gasteiger partial charge is 0.329 e. The van der Waals surface area contributed by atoms with Gasteiger partial charge in [-0.15, -0.1) is 0 Å². The largest absolute Gasteiger partial charge is 0.494 e. The third-order valence-corrected chi connectivity index (χ3v) is 7.83. The zero-order valence-corrected chi connectivity index (χ0v) is 25.4. The van der Waals surface area contributed by atoms with Crippen LogP contribution in [0.25, 0.3) is 0 Å². The predicted molar refractivity (Wildman–Crippen MR) is 157 cm³/mol. The number of hydrogen-bond donors (Lipinski definition) is 0. The first kappa shape index (κ1) is 32.0. The number of carbonyl (C=O) groups is 3. The van der Waals surface area contributed by atoms with Crippen molar-refractivity contribution in [3.05, 3.63) is 53.6 Å². The fraction of sp³-hybridized carbons (Fsp3) is 0.545. The third kappa shape index (κ3) is 8.24. The second-order valence-corrected chi connectivity index (χ2v) is 11.2. The van der Waals surface area contributed by atoms with E-state index >= 15 is 0 Å². The van der Waals surface area contributed by atoms with E-state index in [0.29, 0.717) is 56.1 Å². The summed E-state index contributed by atoms with van der Waals surface area (Å²) in [6, 6.07) is 12.5. The minimum atomic E-state index is -0.795. The molecule has 8 nitrogen and oxygen atoms in total. The summed E-state index contributed by atoms with van der Waals surface area (Å²) >= 11 is 0. The number of carbonyl (C=O) groups excluding carboxylic acids is 3. The van der Waals surface area contributed by atoms with E-state index in [1.807, 2.05) is 56.3 Å². The van der Waals surface area contributed by atoms with Gasteiger partial charge in [-0.05, 0) is 80.3 Å². The molecule has 1 amide bonds. The molecule has 0 spiro atoms. The van der Waals surface area contributed by atoms with Crippen molar-refractivity contribution in [2.24, 2.45) is 5.41 Å². The topological polar surface area (TPSA) is 91.4 Å². The van der Waals surface area contributed by atoms with Crippen molar-refractivity contribution >= 4 is 17.7 Å². The molecule has 0 saturated carbocycles. The van der Waals surface area contributed by atoms with E-state index in [2.05, 4.69) is 0 Å². The number of esters is 1. The van der Waals surface area contributed by atoms with Crippen LogP contribution in [0.4, 0.5) is 0 Å². The van der Waals surface area contributed by atoms with Gasteiger partial charge in [-0.1, -0.05) is 45.9 Å². The molecule has 1 heterocycles. The highest BCUT2D eigenvalue weighted by Gasteiger charge is 2.41. The lowest BCUT2D eigenvalue weighted by Crippen LogP contribution is -2.53. The number of rotatable bonds is 14. The van der Waals surface area contributed by atoms with E-state index in [1.54, 1.807) is 28.1 Å². The van der Waals surface area contributed by atoms with Crippen LogP contribution in [-0.4, -0.2) is 56.0 Å². The number of amides is 1. The Balaban J connectivity index is 1.85. The number of Topliss-reactive ketones (excluding diaryl/α,β-unsaturated/α-hetero) is 1. The van der Waals surface area contributed by atoms with Crippen LogP contribution in [0.15, 0.2) is 42.5 Å². The van der Waals surface area contributed by atoms with Crippen LogP contribution in [0.1, 0.15) is 83.5 Å². The average molecular weight is 568 g/mol. The second kappa shape index (κ2) is 14.9. The molecule has 0 aromatic heterocycles. The molecule has 1 saturated heterocycles. The molecule has 8 heteroatoms. The quantitative estimate of drug-likeness (QED) is 0.201. The van der Waals surface area contributed by atoms with Gasteiger partial charge in [0.2, 0.25) is 5.78 Å². The van der Waals surface area contributed by atoms with Crippen molar-refractivity contribution in [1.29, 1.82) is 0 Å². The molecular weight excluding hydrogens is 522 g/mol. The maximum absolute atomic E-state index is 13.7. The minimum absolute atomic E-state index is 0.362. The van der Waals surface area contributed by atoms with Gasteiger partial charge in [0, 0.05) is 12.0 Å². The molecule has 1 fully saturated rings. The van der Waals surface area contributed by atoms with Crippen molar-refractivity contribution in [3.8, 4) is 17.2 Å². The number of methoxy groups -OCH3 is 2. The van der Waals surface area contributed by atoms with E-state index in [1.165, 1.54) is 4.90 Å². The van der Waals surface area contributed by atoms with Gasteiger partial charge in [0.25, 0.3) is 5.91 Å². The van der Waals surface area contributed by atoms with Crippen LogP contribution < -0.4 is 14.2 Å². The molecule has 1 aliphatic heterocycles. The van der Waals surface area contributed by atoms with Crippen molar-refractivity contribution in [2.45, 2.75) is 84.8 Å². The van der Waals surface area contributed by atoms with Gasteiger partial charge in [0.1, 0.15) is 17.9 Å². The number of ketones is 1. The number of aryl methyl sites for hydroxylation is 1. The number of benzene rings is 2. The number of piperidine rings is 1.